The summed E-state index contributed by atoms with van der Waals surface area (Å²) >= 11 is 6.34. The van der Waals surface area contributed by atoms with Crippen LogP contribution in [0.2, 0.25) is 5.02 Å². The molecule has 2 aromatic carbocycles. The second-order valence-corrected chi connectivity index (χ2v) is 15.7. The largest absolute Gasteiger partial charge is 0.495 e. The smallest absolute Gasteiger partial charge is 0.328 e. The molecule has 2 aromatic rings. The van der Waals surface area contributed by atoms with Gasteiger partial charge in [0.25, 0.3) is 0 Å². The highest BCUT2D eigenvalue weighted by atomic mass is 35.5. The van der Waals surface area contributed by atoms with E-state index in [1.807, 2.05) is 52.0 Å². The van der Waals surface area contributed by atoms with Crippen LogP contribution in [0.5, 0.6) is 5.75 Å². The van der Waals surface area contributed by atoms with Gasteiger partial charge in [0.15, 0.2) is 0 Å². The molecule has 3 N–H and O–H groups in total. The summed E-state index contributed by atoms with van der Waals surface area (Å²) in [7, 11) is 1.50. The summed E-state index contributed by atoms with van der Waals surface area (Å²) in [5, 5.41) is 12.5. The number of benzene rings is 2. The number of nitrogens with one attached hydrogen (secondary N) is 3. The van der Waals surface area contributed by atoms with E-state index in [2.05, 4.69) is 26.0 Å². The summed E-state index contributed by atoms with van der Waals surface area (Å²) in [5.74, 6) is -1.86. The second-order valence-electron chi connectivity index (χ2n) is 15.3. The first-order chi connectivity index (χ1) is 24.5. The summed E-state index contributed by atoms with van der Waals surface area (Å²) in [5.41, 5.74) is 9.64. The number of methoxy groups -OCH3 is 1. The number of ether oxygens (including phenoxy) is 3. The van der Waals surface area contributed by atoms with E-state index < -0.39 is 47.3 Å². The Morgan fingerprint density at radius 1 is 1.06 bits per heavy atom. The van der Waals surface area contributed by atoms with Crippen LogP contribution in [-0.2, 0) is 41.6 Å². The lowest BCUT2D eigenvalue weighted by atomic mass is 9.86. The third kappa shape index (κ3) is 11.2. The van der Waals surface area contributed by atoms with E-state index in [-0.39, 0.29) is 49.5 Å². The zero-order valence-corrected chi connectivity index (χ0v) is 31.5. The number of rotatable bonds is 9. The first-order valence-electron chi connectivity index (χ1n) is 17.3. The molecule has 0 saturated carbocycles. The highest BCUT2D eigenvalue weighted by Gasteiger charge is 2.48. The van der Waals surface area contributed by atoms with Gasteiger partial charge in [0, 0.05) is 30.2 Å². The standard InChI is InChI=1S/C38H49ClN6O7/c1-22(32-33(52-32)25-14-11-23(12-15-25)20-42-45-40)29-9-8-10-31(46)43-27(18-24-13-16-30(50-7)26(39)17-24)34(47)41-21-38(5,6)36(49)44-28(35(48)51-29)19-37(2,3)4/h8,10-17,22,27-29,32-33H,9,18-21H2,1-7H3,(H,41,47)(H,43,46)(H,44,49)/t22-,27+,28-,29-,32+,33+/m0/s1. The third-order valence-corrected chi connectivity index (χ3v) is 9.47. The highest BCUT2D eigenvalue weighted by Crippen LogP contribution is 2.45. The normalized spacial score (nSPS) is 24.7. The number of epoxide rings is 1. The predicted octanol–water partition coefficient (Wildman–Crippen LogP) is 5.90. The average Bonchev–Trinajstić information content (AvgIpc) is 3.89. The lowest BCUT2D eigenvalue weighted by Crippen LogP contribution is -2.54. The molecule has 0 aromatic heterocycles. The van der Waals surface area contributed by atoms with Crippen LogP contribution in [0.3, 0.4) is 0 Å². The number of nitrogens with zero attached hydrogens (tertiary/aromatic N) is 3. The second kappa shape index (κ2) is 17.3. The van der Waals surface area contributed by atoms with Gasteiger partial charge in [-0.15, -0.1) is 0 Å². The van der Waals surface area contributed by atoms with E-state index in [9.17, 15) is 19.2 Å². The Kier molecular flexibility index (Phi) is 13.4. The van der Waals surface area contributed by atoms with Gasteiger partial charge in [-0.3, -0.25) is 14.4 Å². The molecule has 2 aliphatic heterocycles. The zero-order valence-electron chi connectivity index (χ0n) is 30.8. The van der Waals surface area contributed by atoms with Crippen LogP contribution in [0.15, 0.2) is 59.7 Å². The minimum atomic E-state index is -1.13. The first kappa shape index (κ1) is 40.2. The summed E-state index contributed by atoms with van der Waals surface area (Å²) in [6.07, 6.45) is 2.29. The monoisotopic (exact) mass is 736 g/mol. The lowest BCUT2D eigenvalue weighted by Gasteiger charge is -2.32. The quantitative estimate of drug-likeness (QED) is 0.0941. The van der Waals surface area contributed by atoms with Crippen molar-refractivity contribution in [1.29, 1.82) is 0 Å². The van der Waals surface area contributed by atoms with Crippen molar-refractivity contribution in [2.24, 2.45) is 21.9 Å². The fourth-order valence-electron chi connectivity index (χ4n) is 6.01. The fraction of sp³-hybridized carbons (Fsp3) is 0.526. The van der Waals surface area contributed by atoms with Crippen molar-refractivity contribution in [1.82, 2.24) is 16.0 Å². The van der Waals surface area contributed by atoms with Gasteiger partial charge in [-0.05, 0) is 66.1 Å². The summed E-state index contributed by atoms with van der Waals surface area (Å²) in [4.78, 5) is 57.2. The van der Waals surface area contributed by atoms with E-state index in [1.165, 1.54) is 13.2 Å². The van der Waals surface area contributed by atoms with E-state index >= 15 is 0 Å². The van der Waals surface area contributed by atoms with Crippen LogP contribution < -0.4 is 20.7 Å². The average molecular weight is 737 g/mol. The number of hydrogen-bond donors (Lipinski definition) is 3. The Morgan fingerprint density at radius 3 is 2.38 bits per heavy atom. The van der Waals surface area contributed by atoms with Crippen LogP contribution >= 0.6 is 11.6 Å². The van der Waals surface area contributed by atoms with Crippen LogP contribution in [0.4, 0.5) is 0 Å². The summed E-state index contributed by atoms with van der Waals surface area (Å²) < 4.78 is 17.5. The third-order valence-electron chi connectivity index (χ3n) is 9.17. The van der Waals surface area contributed by atoms with Crippen molar-refractivity contribution in [2.75, 3.05) is 13.7 Å². The van der Waals surface area contributed by atoms with Gasteiger partial charge in [-0.2, -0.15) is 0 Å². The Morgan fingerprint density at radius 2 is 1.75 bits per heavy atom. The lowest BCUT2D eigenvalue weighted by molar-refractivity contribution is -0.157. The molecule has 4 rings (SSSR count). The molecule has 1 fully saturated rings. The molecule has 1 saturated heterocycles. The predicted molar refractivity (Wildman–Crippen MR) is 196 cm³/mol. The van der Waals surface area contributed by atoms with Crippen LogP contribution in [0.25, 0.3) is 10.4 Å². The Labute approximate surface area is 309 Å². The van der Waals surface area contributed by atoms with Crippen molar-refractivity contribution >= 4 is 35.3 Å². The van der Waals surface area contributed by atoms with E-state index in [0.717, 1.165) is 11.1 Å². The Balaban J connectivity index is 1.61. The highest BCUT2D eigenvalue weighted by molar-refractivity contribution is 6.32. The molecular weight excluding hydrogens is 688 g/mol. The molecule has 14 heteroatoms. The molecule has 0 spiro atoms. The molecule has 0 unspecified atom stereocenters. The van der Waals surface area contributed by atoms with Gasteiger partial charge in [0.2, 0.25) is 17.7 Å². The van der Waals surface area contributed by atoms with Crippen molar-refractivity contribution in [3.63, 3.8) is 0 Å². The molecule has 6 atom stereocenters. The number of esters is 1. The number of carbonyl (C=O) groups is 4. The minimum Gasteiger partial charge on any atom is -0.495 e. The van der Waals surface area contributed by atoms with Crippen LogP contribution in [-0.4, -0.2) is 61.6 Å². The molecule has 52 heavy (non-hydrogen) atoms. The molecular formula is C38H49ClN6O7. The van der Waals surface area contributed by atoms with Gasteiger partial charge in [0.1, 0.15) is 30.0 Å². The maximum absolute atomic E-state index is 13.9. The topological polar surface area (TPSA) is 184 Å². The van der Waals surface area contributed by atoms with E-state index in [4.69, 9.17) is 31.3 Å². The van der Waals surface area contributed by atoms with E-state index in [0.29, 0.717) is 22.8 Å². The number of halogens is 1. The number of azide groups is 1. The molecule has 3 amide bonds. The fourth-order valence-corrected chi connectivity index (χ4v) is 6.29. The summed E-state index contributed by atoms with van der Waals surface area (Å²) in [6, 6.07) is 10.7. The number of cyclic esters (lactones) is 1. The Bertz CT molecular complexity index is 1700. The molecule has 0 radical (unpaired) electrons. The molecule has 13 nitrogen and oxygen atoms in total. The molecule has 0 aliphatic carbocycles. The first-order valence-corrected chi connectivity index (χ1v) is 17.7. The maximum atomic E-state index is 13.9. The SMILES string of the molecule is COc1ccc(C[C@H]2NC(=O)C=CC[C@@H]([C@H](C)[C@H]3O[C@@H]3c3ccc(CN=[N+]=[N-])cc3)OC(=O)[C@H](CC(C)(C)C)NC(=O)C(C)(C)CNC2=O)cc1Cl. The minimum absolute atomic E-state index is 0.0624. The van der Waals surface area contributed by atoms with Crippen molar-refractivity contribution < 1.29 is 33.4 Å². The van der Waals surface area contributed by atoms with Crippen molar-refractivity contribution in [3.8, 4) is 5.75 Å². The van der Waals surface area contributed by atoms with Crippen LogP contribution in [0, 0.1) is 16.7 Å². The Hall–Kier alpha value is -4.58. The van der Waals surface area contributed by atoms with Gasteiger partial charge >= 0.3 is 5.97 Å². The maximum Gasteiger partial charge on any atom is 0.328 e. The molecule has 2 heterocycles. The van der Waals surface area contributed by atoms with Gasteiger partial charge in [0.05, 0.1) is 30.2 Å². The van der Waals surface area contributed by atoms with E-state index in [1.54, 1.807) is 38.1 Å². The zero-order chi connectivity index (χ0) is 38.2. The number of amides is 3. The van der Waals surface area contributed by atoms with Crippen molar-refractivity contribution in [2.45, 2.75) is 97.7 Å². The molecule has 2 aliphatic rings. The number of hydrogen-bond acceptors (Lipinski definition) is 8. The van der Waals surface area contributed by atoms with Crippen LogP contribution in [0.1, 0.15) is 77.2 Å². The van der Waals surface area contributed by atoms with Gasteiger partial charge < -0.3 is 30.2 Å². The summed E-state index contributed by atoms with van der Waals surface area (Å²) in [6.45, 7) is 11.3. The van der Waals surface area contributed by atoms with Gasteiger partial charge in [-0.25, -0.2) is 4.79 Å². The molecule has 280 valence electrons. The number of carbonyl (C=O) groups excluding carboxylic acids is 4. The van der Waals surface area contributed by atoms with Gasteiger partial charge in [-0.1, -0.05) is 80.8 Å². The van der Waals surface area contributed by atoms with Crippen molar-refractivity contribution in [3.05, 3.63) is 86.8 Å². The molecule has 0 bridgehead atoms.